The van der Waals surface area contributed by atoms with Gasteiger partial charge in [0, 0.05) is 41.7 Å². The number of aryl methyl sites for hydroxylation is 1. The molecule has 29 heavy (non-hydrogen) atoms. The zero-order valence-corrected chi connectivity index (χ0v) is 17.0. The molecule has 2 aromatic carbocycles. The van der Waals surface area contributed by atoms with Crippen LogP contribution < -0.4 is 24.8 Å². The van der Waals surface area contributed by atoms with Crippen LogP contribution >= 0.6 is 0 Å². The number of anilines is 3. The quantitative estimate of drug-likeness (QED) is 0.437. The highest BCUT2D eigenvalue weighted by atomic mass is 16.5. The second-order valence-electron chi connectivity index (χ2n) is 6.39. The molecule has 0 atom stereocenters. The third-order valence-corrected chi connectivity index (χ3v) is 4.49. The number of H-pyrrole nitrogens is 1. The molecule has 0 saturated heterocycles. The summed E-state index contributed by atoms with van der Waals surface area (Å²) in [5, 5.41) is 22.9. The average molecular weight is 398 g/mol. The number of benzene rings is 2. The van der Waals surface area contributed by atoms with E-state index in [0.29, 0.717) is 29.6 Å². The van der Waals surface area contributed by atoms with Gasteiger partial charge in [0.05, 0.1) is 33.6 Å². The maximum absolute atomic E-state index is 9.04. The Balaban J connectivity index is 1.84. The lowest BCUT2D eigenvalue weighted by Gasteiger charge is -2.14. The van der Waals surface area contributed by atoms with Crippen molar-refractivity contribution in [2.75, 3.05) is 45.1 Å². The lowest BCUT2D eigenvalue weighted by molar-refractivity contribution is 0.311. The third-order valence-electron chi connectivity index (χ3n) is 4.49. The number of ether oxygens (including phenoxy) is 3. The number of aliphatic hydroxyl groups excluding tert-OH is 1. The lowest BCUT2D eigenvalue weighted by Crippen LogP contribution is -2.06. The first-order valence-corrected chi connectivity index (χ1v) is 9.17. The van der Waals surface area contributed by atoms with Gasteiger partial charge in [0.1, 0.15) is 0 Å². The van der Waals surface area contributed by atoms with E-state index in [9.17, 15) is 0 Å². The van der Waals surface area contributed by atoms with Crippen molar-refractivity contribution in [2.24, 2.45) is 0 Å². The molecule has 0 aliphatic heterocycles. The van der Waals surface area contributed by atoms with Gasteiger partial charge in [-0.2, -0.15) is 5.10 Å². The Morgan fingerprint density at radius 2 is 1.72 bits per heavy atom. The van der Waals surface area contributed by atoms with Crippen LogP contribution in [0.2, 0.25) is 0 Å². The highest BCUT2D eigenvalue weighted by Crippen LogP contribution is 2.40. The van der Waals surface area contributed by atoms with E-state index < -0.39 is 0 Å². The molecule has 4 N–H and O–H groups in total. The van der Waals surface area contributed by atoms with Crippen molar-refractivity contribution in [1.29, 1.82) is 0 Å². The first kappa shape index (κ1) is 20.3. The smallest absolute Gasteiger partial charge is 0.203 e. The molecule has 1 heterocycles. The molecule has 3 aromatic rings. The van der Waals surface area contributed by atoms with Crippen LogP contribution in [0.3, 0.4) is 0 Å². The van der Waals surface area contributed by atoms with Gasteiger partial charge in [-0.3, -0.25) is 5.10 Å². The standard InChI is InChI=1S/C21H26N4O4/c1-13-5-6-14(9-16(13)22-7-8-26)17-12-20(25-24-17)23-15-10-18(27-2)21(29-4)19(11-15)28-3/h5-6,9-12,22,26H,7-8H2,1-4H3,(H2,23,24,25). The topological polar surface area (TPSA) is 101 Å². The summed E-state index contributed by atoms with van der Waals surface area (Å²) >= 11 is 0. The molecule has 0 bridgehead atoms. The number of nitrogens with one attached hydrogen (secondary N) is 3. The minimum atomic E-state index is 0.0799. The maximum atomic E-state index is 9.04. The predicted octanol–water partition coefficient (Wildman–Crippen LogP) is 3.56. The van der Waals surface area contributed by atoms with Crippen LogP contribution in [-0.4, -0.2) is 49.8 Å². The van der Waals surface area contributed by atoms with Crippen molar-refractivity contribution in [3.63, 3.8) is 0 Å². The summed E-state index contributed by atoms with van der Waals surface area (Å²) in [6.45, 7) is 2.60. The fraction of sp³-hybridized carbons (Fsp3) is 0.286. The molecule has 0 aliphatic rings. The van der Waals surface area contributed by atoms with Crippen molar-refractivity contribution >= 4 is 17.2 Å². The second-order valence-corrected chi connectivity index (χ2v) is 6.39. The van der Waals surface area contributed by atoms with Gasteiger partial charge < -0.3 is 30.0 Å². The van der Waals surface area contributed by atoms with E-state index in [2.05, 4.69) is 20.8 Å². The summed E-state index contributed by atoms with van der Waals surface area (Å²) in [6, 6.07) is 11.6. The number of hydrogen-bond donors (Lipinski definition) is 4. The molecule has 0 radical (unpaired) electrons. The van der Waals surface area contributed by atoms with Crippen molar-refractivity contribution < 1.29 is 19.3 Å². The van der Waals surface area contributed by atoms with E-state index >= 15 is 0 Å². The van der Waals surface area contributed by atoms with Crippen LogP contribution in [0, 0.1) is 6.92 Å². The van der Waals surface area contributed by atoms with E-state index in [4.69, 9.17) is 19.3 Å². The fourth-order valence-electron chi connectivity index (χ4n) is 3.01. The van der Waals surface area contributed by atoms with Crippen LogP contribution in [0.1, 0.15) is 5.56 Å². The molecule has 8 nitrogen and oxygen atoms in total. The number of methoxy groups -OCH3 is 3. The maximum Gasteiger partial charge on any atom is 0.203 e. The summed E-state index contributed by atoms with van der Waals surface area (Å²) < 4.78 is 16.1. The average Bonchev–Trinajstić information content (AvgIpc) is 3.20. The van der Waals surface area contributed by atoms with Crippen molar-refractivity contribution in [1.82, 2.24) is 10.2 Å². The molecule has 0 saturated carbocycles. The Morgan fingerprint density at radius 3 is 2.34 bits per heavy atom. The molecule has 0 fully saturated rings. The first-order chi connectivity index (χ1) is 14.1. The Bertz CT molecular complexity index is 946. The molecule has 154 valence electrons. The molecule has 0 amide bonds. The third kappa shape index (κ3) is 4.55. The number of aromatic nitrogens is 2. The lowest BCUT2D eigenvalue weighted by atomic mass is 10.1. The number of rotatable bonds is 9. The Morgan fingerprint density at radius 1 is 1.00 bits per heavy atom. The van der Waals surface area contributed by atoms with Crippen molar-refractivity contribution in [3.8, 4) is 28.5 Å². The normalized spacial score (nSPS) is 10.5. The van der Waals surface area contributed by atoms with Crippen LogP contribution in [0.4, 0.5) is 17.2 Å². The minimum absolute atomic E-state index is 0.0799. The van der Waals surface area contributed by atoms with Gasteiger partial charge in [-0.1, -0.05) is 12.1 Å². The molecular weight excluding hydrogens is 372 g/mol. The van der Waals surface area contributed by atoms with Gasteiger partial charge in [0.25, 0.3) is 0 Å². The SMILES string of the molecule is COc1cc(Nc2cc(-c3ccc(C)c(NCCO)c3)[nH]n2)cc(OC)c1OC. The van der Waals surface area contributed by atoms with Crippen LogP contribution in [0.5, 0.6) is 17.2 Å². The van der Waals surface area contributed by atoms with Gasteiger partial charge in [-0.15, -0.1) is 0 Å². The predicted molar refractivity (Wildman–Crippen MR) is 114 cm³/mol. The van der Waals surface area contributed by atoms with Gasteiger partial charge in [0.15, 0.2) is 17.3 Å². The first-order valence-electron chi connectivity index (χ1n) is 9.17. The van der Waals surface area contributed by atoms with E-state index in [1.807, 2.05) is 43.3 Å². The van der Waals surface area contributed by atoms with Crippen LogP contribution in [0.25, 0.3) is 11.3 Å². The highest BCUT2D eigenvalue weighted by Gasteiger charge is 2.14. The number of aromatic amines is 1. The molecule has 0 aliphatic carbocycles. The Labute approximate surface area is 169 Å². The Kier molecular flexibility index (Phi) is 6.46. The molecular formula is C21H26N4O4. The fourth-order valence-corrected chi connectivity index (χ4v) is 3.01. The summed E-state index contributed by atoms with van der Waals surface area (Å²) in [5.74, 6) is 2.30. The number of nitrogens with zero attached hydrogens (tertiary/aromatic N) is 1. The zero-order chi connectivity index (χ0) is 20.8. The second kappa shape index (κ2) is 9.20. The summed E-state index contributed by atoms with van der Waals surface area (Å²) in [7, 11) is 4.72. The Hall–Kier alpha value is -3.39. The molecule has 0 spiro atoms. The summed E-state index contributed by atoms with van der Waals surface area (Å²) in [5.41, 5.74) is 4.70. The monoisotopic (exact) mass is 398 g/mol. The summed E-state index contributed by atoms with van der Waals surface area (Å²) in [4.78, 5) is 0. The number of hydrogen-bond acceptors (Lipinski definition) is 7. The largest absolute Gasteiger partial charge is 0.493 e. The van der Waals surface area contributed by atoms with E-state index in [-0.39, 0.29) is 6.61 Å². The van der Waals surface area contributed by atoms with E-state index in [1.54, 1.807) is 21.3 Å². The summed E-state index contributed by atoms with van der Waals surface area (Å²) in [6.07, 6.45) is 0. The van der Waals surface area contributed by atoms with Crippen LogP contribution in [0.15, 0.2) is 36.4 Å². The van der Waals surface area contributed by atoms with E-state index in [1.165, 1.54) is 0 Å². The van der Waals surface area contributed by atoms with Gasteiger partial charge in [-0.05, 0) is 18.6 Å². The molecule has 1 aromatic heterocycles. The molecule has 8 heteroatoms. The van der Waals surface area contributed by atoms with Gasteiger partial charge in [-0.25, -0.2) is 0 Å². The highest BCUT2D eigenvalue weighted by molar-refractivity contribution is 5.72. The van der Waals surface area contributed by atoms with E-state index in [0.717, 1.165) is 28.2 Å². The van der Waals surface area contributed by atoms with Crippen molar-refractivity contribution in [3.05, 3.63) is 42.0 Å². The van der Waals surface area contributed by atoms with Gasteiger partial charge >= 0.3 is 0 Å². The molecule has 3 rings (SSSR count). The van der Waals surface area contributed by atoms with Crippen molar-refractivity contribution in [2.45, 2.75) is 6.92 Å². The minimum Gasteiger partial charge on any atom is -0.493 e. The number of aliphatic hydroxyl groups is 1. The molecule has 0 unspecified atom stereocenters. The van der Waals surface area contributed by atoms with Crippen LogP contribution in [-0.2, 0) is 0 Å². The van der Waals surface area contributed by atoms with Gasteiger partial charge in [0.2, 0.25) is 5.75 Å². The zero-order valence-electron chi connectivity index (χ0n) is 17.0.